The molecule has 0 fully saturated rings. The zero-order valence-corrected chi connectivity index (χ0v) is 15.8. The van der Waals surface area contributed by atoms with E-state index in [1.54, 1.807) is 7.11 Å². The molecule has 1 N–H and O–H groups in total. The molecule has 2 aromatic carbocycles. The van der Waals surface area contributed by atoms with Crippen LogP contribution in [0, 0.1) is 0 Å². The van der Waals surface area contributed by atoms with Crippen molar-refractivity contribution in [2.45, 2.75) is 13.0 Å². The molecule has 0 spiro atoms. The largest absolute Gasteiger partial charge is 0.496 e. The number of para-hydroxylation sites is 1. The molecular formula is C15H14Br3NO. The van der Waals surface area contributed by atoms with Crippen molar-refractivity contribution in [1.82, 2.24) is 0 Å². The highest BCUT2D eigenvalue weighted by Crippen LogP contribution is 2.34. The summed E-state index contributed by atoms with van der Waals surface area (Å²) in [7, 11) is 1.67. The number of hydrogen-bond donors (Lipinski definition) is 1. The van der Waals surface area contributed by atoms with Crippen LogP contribution in [0.4, 0.5) is 5.69 Å². The van der Waals surface area contributed by atoms with Gasteiger partial charge in [0.25, 0.3) is 0 Å². The van der Waals surface area contributed by atoms with Crippen molar-refractivity contribution in [2.24, 2.45) is 0 Å². The van der Waals surface area contributed by atoms with Crippen LogP contribution in [-0.4, -0.2) is 7.11 Å². The van der Waals surface area contributed by atoms with E-state index in [1.807, 2.05) is 24.3 Å². The summed E-state index contributed by atoms with van der Waals surface area (Å²) in [5, 5.41) is 3.50. The number of nitrogens with one attached hydrogen (secondary N) is 1. The molecule has 0 bridgehead atoms. The van der Waals surface area contributed by atoms with Gasteiger partial charge in [0.15, 0.2) is 0 Å². The third kappa shape index (κ3) is 3.57. The molecule has 1 atom stereocenters. The molecule has 0 radical (unpaired) electrons. The van der Waals surface area contributed by atoms with Crippen molar-refractivity contribution in [2.75, 3.05) is 12.4 Å². The Bertz CT molecular complexity index is 596. The third-order valence-corrected chi connectivity index (χ3v) is 4.94. The van der Waals surface area contributed by atoms with Gasteiger partial charge in [-0.25, -0.2) is 0 Å². The Kier molecular flexibility index (Phi) is 5.52. The first-order chi connectivity index (χ1) is 9.52. The van der Waals surface area contributed by atoms with Crippen LogP contribution in [0.5, 0.6) is 5.75 Å². The van der Waals surface area contributed by atoms with E-state index in [1.165, 1.54) is 5.56 Å². The first-order valence-corrected chi connectivity index (χ1v) is 8.45. The van der Waals surface area contributed by atoms with Gasteiger partial charge in [0, 0.05) is 15.0 Å². The number of rotatable bonds is 4. The molecule has 1 unspecified atom stereocenters. The monoisotopic (exact) mass is 461 g/mol. The Morgan fingerprint density at radius 1 is 1.00 bits per heavy atom. The zero-order chi connectivity index (χ0) is 14.7. The molecule has 0 heterocycles. The van der Waals surface area contributed by atoms with Crippen molar-refractivity contribution in [3.8, 4) is 5.75 Å². The quantitative estimate of drug-likeness (QED) is 0.586. The van der Waals surface area contributed by atoms with Crippen molar-refractivity contribution in [3.63, 3.8) is 0 Å². The standard InChI is InChI=1S/C15H14Br3NO/c1-9(10-6-7-14(20-2)13(18)8-10)19-15-11(16)4-3-5-12(15)17/h3-9,19H,1-2H3. The lowest BCUT2D eigenvalue weighted by molar-refractivity contribution is 0.412. The van der Waals surface area contributed by atoms with Crippen molar-refractivity contribution in [3.05, 3.63) is 55.4 Å². The molecule has 0 aliphatic rings. The summed E-state index contributed by atoms with van der Waals surface area (Å²) in [4.78, 5) is 0. The highest BCUT2D eigenvalue weighted by Gasteiger charge is 2.11. The highest BCUT2D eigenvalue weighted by atomic mass is 79.9. The summed E-state index contributed by atoms with van der Waals surface area (Å²) in [6, 6.07) is 12.3. The maximum absolute atomic E-state index is 5.25. The van der Waals surface area contributed by atoms with Crippen LogP contribution in [-0.2, 0) is 0 Å². The third-order valence-electron chi connectivity index (χ3n) is 3.00. The average Bonchev–Trinajstić information content (AvgIpc) is 2.42. The number of hydrogen-bond acceptors (Lipinski definition) is 2. The van der Waals surface area contributed by atoms with Crippen LogP contribution in [0.25, 0.3) is 0 Å². The van der Waals surface area contributed by atoms with E-state index in [9.17, 15) is 0 Å². The van der Waals surface area contributed by atoms with Gasteiger partial charge < -0.3 is 10.1 Å². The second kappa shape index (κ2) is 6.96. The van der Waals surface area contributed by atoms with E-state index in [0.29, 0.717) is 0 Å². The summed E-state index contributed by atoms with van der Waals surface area (Å²) in [6.45, 7) is 2.13. The van der Waals surface area contributed by atoms with Crippen LogP contribution >= 0.6 is 47.8 Å². The van der Waals surface area contributed by atoms with Crippen LogP contribution in [0.15, 0.2) is 49.8 Å². The molecule has 2 aromatic rings. The van der Waals surface area contributed by atoms with Crippen LogP contribution in [0.3, 0.4) is 0 Å². The molecule has 2 rings (SSSR count). The number of benzene rings is 2. The Hall–Kier alpha value is -0.520. The fraction of sp³-hybridized carbons (Fsp3) is 0.200. The minimum Gasteiger partial charge on any atom is -0.496 e. The van der Waals surface area contributed by atoms with Gasteiger partial charge in [-0.1, -0.05) is 12.1 Å². The van der Waals surface area contributed by atoms with E-state index >= 15 is 0 Å². The molecule has 0 saturated carbocycles. The number of methoxy groups -OCH3 is 1. The Balaban J connectivity index is 2.24. The predicted octanol–water partition coefficient (Wildman–Crippen LogP) is 6.16. The number of ether oxygens (including phenoxy) is 1. The molecule has 5 heteroatoms. The fourth-order valence-electron chi connectivity index (χ4n) is 1.89. The Morgan fingerprint density at radius 3 is 2.20 bits per heavy atom. The molecule has 20 heavy (non-hydrogen) atoms. The van der Waals surface area contributed by atoms with Gasteiger partial charge in [0.2, 0.25) is 0 Å². The lowest BCUT2D eigenvalue weighted by Crippen LogP contribution is -2.07. The van der Waals surface area contributed by atoms with Crippen molar-refractivity contribution < 1.29 is 4.74 Å². The van der Waals surface area contributed by atoms with Gasteiger partial charge in [-0.05, 0) is 84.5 Å². The SMILES string of the molecule is COc1ccc(C(C)Nc2c(Br)cccc2Br)cc1Br. The summed E-state index contributed by atoms with van der Waals surface area (Å²) >= 11 is 10.6. The minimum atomic E-state index is 0.173. The lowest BCUT2D eigenvalue weighted by Gasteiger charge is -2.19. The number of halogens is 3. The van der Waals surface area contributed by atoms with E-state index in [-0.39, 0.29) is 6.04 Å². The van der Waals surface area contributed by atoms with E-state index in [4.69, 9.17) is 4.74 Å². The van der Waals surface area contributed by atoms with Gasteiger partial charge in [0.05, 0.1) is 17.3 Å². The van der Waals surface area contributed by atoms with Crippen LogP contribution < -0.4 is 10.1 Å². The maximum Gasteiger partial charge on any atom is 0.133 e. The van der Waals surface area contributed by atoms with Crippen LogP contribution in [0.1, 0.15) is 18.5 Å². The normalized spacial score (nSPS) is 12.1. The molecule has 0 aliphatic carbocycles. The second-order valence-corrected chi connectivity index (χ2v) is 6.92. The van der Waals surface area contributed by atoms with E-state index in [2.05, 4.69) is 72.2 Å². The van der Waals surface area contributed by atoms with Gasteiger partial charge in [-0.15, -0.1) is 0 Å². The first kappa shape index (κ1) is 15.9. The van der Waals surface area contributed by atoms with Crippen molar-refractivity contribution in [1.29, 1.82) is 0 Å². The Morgan fingerprint density at radius 2 is 1.65 bits per heavy atom. The molecule has 0 saturated heterocycles. The summed E-state index contributed by atoms with van der Waals surface area (Å²) < 4.78 is 8.28. The van der Waals surface area contributed by atoms with Crippen LogP contribution in [0.2, 0.25) is 0 Å². The molecule has 2 nitrogen and oxygen atoms in total. The molecule has 106 valence electrons. The predicted molar refractivity (Wildman–Crippen MR) is 94.6 cm³/mol. The lowest BCUT2D eigenvalue weighted by atomic mass is 10.1. The minimum absolute atomic E-state index is 0.173. The fourth-order valence-corrected chi connectivity index (χ4v) is 3.67. The van der Waals surface area contributed by atoms with Gasteiger partial charge in [-0.2, -0.15) is 0 Å². The smallest absolute Gasteiger partial charge is 0.133 e. The molecule has 0 aromatic heterocycles. The van der Waals surface area contributed by atoms with E-state index in [0.717, 1.165) is 24.9 Å². The summed E-state index contributed by atoms with van der Waals surface area (Å²) in [6.07, 6.45) is 0. The van der Waals surface area contributed by atoms with Gasteiger partial charge in [0.1, 0.15) is 5.75 Å². The zero-order valence-electron chi connectivity index (χ0n) is 11.1. The molecular weight excluding hydrogens is 450 g/mol. The van der Waals surface area contributed by atoms with Gasteiger partial charge >= 0.3 is 0 Å². The first-order valence-electron chi connectivity index (χ1n) is 6.07. The van der Waals surface area contributed by atoms with Gasteiger partial charge in [-0.3, -0.25) is 0 Å². The molecule has 0 aliphatic heterocycles. The summed E-state index contributed by atoms with van der Waals surface area (Å²) in [5.74, 6) is 0.836. The summed E-state index contributed by atoms with van der Waals surface area (Å²) in [5.41, 5.74) is 2.23. The molecule has 0 amide bonds. The second-order valence-electron chi connectivity index (χ2n) is 4.36. The highest BCUT2D eigenvalue weighted by molar-refractivity contribution is 9.11. The van der Waals surface area contributed by atoms with Crippen molar-refractivity contribution >= 4 is 53.5 Å². The number of anilines is 1. The van der Waals surface area contributed by atoms with E-state index < -0.39 is 0 Å². The average molecular weight is 464 g/mol. The topological polar surface area (TPSA) is 21.3 Å². The maximum atomic E-state index is 5.25. The Labute approximate surface area is 144 Å².